The maximum atomic E-state index is 12.1. The third-order valence-corrected chi connectivity index (χ3v) is 5.43. The van der Waals surface area contributed by atoms with Gasteiger partial charge in [0, 0.05) is 33.5 Å². The van der Waals surface area contributed by atoms with Gasteiger partial charge in [-0.3, -0.25) is 14.9 Å². The highest BCUT2D eigenvalue weighted by Crippen LogP contribution is 2.40. The van der Waals surface area contributed by atoms with Crippen molar-refractivity contribution in [1.82, 2.24) is 4.57 Å². The molecule has 1 aromatic heterocycles. The minimum Gasteiger partial charge on any atom is -0.366 e. The lowest BCUT2D eigenvalue weighted by molar-refractivity contribution is -0.585. The van der Waals surface area contributed by atoms with Crippen molar-refractivity contribution >= 4 is 16.8 Å². The van der Waals surface area contributed by atoms with Crippen LogP contribution < -0.4 is 5.73 Å². The lowest BCUT2D eigenvalue weighted by Gasteiger charge is -2.31. The smallest absolute Gasteiger partial charge is 0.265 e. The molecule has 0 unspecified atom stereocenters. The average Bonchev–Trinajstić information content (AvgIpc) is 2.94. The third kappa shape index (κ3) is 2.22. The Kier molecular flexibility index (Phi) is 3.57. The van der Waals surface area contributed by atoms with E-state index in [0.717, 1.165) is 22.2 Å². The topological polar surface area (TPSA) is 91.2 Å². The van der Waals surface area contributed by atoms with Gasteiger partial charge in [-0.05, 0) is 25.5 Å². The first-order chi connectivity index (χ1) is 12.4. The average molecular weight is 349 g/mol. The predicted molar refractivity (Wildman–Crippen MR) is 98.6 cm³/mol. The first kappa shape index (κ1) is 16.3. The van der Waals surface area contributed by atoms with Gasteiger partial charge in [-0.15, -0.1) is 0 Å². The Balaban J connectivity index is 1.97. The number of carbonyl (C=O) groups excluding carboxylic acids is 1. The molecule has 1 aliphatic heterocycles. The zero-order valence-corrected chi connectivity index (χ0v) is 14.4. The minimum absolute atomic E-state index is 0.185. The molecule has 132 valence electrons. The molecule has 1 aliphatic rings. The molecule has 0 fully saturated rings. The lowest BCUT2D eigenvalue weighted by atomic mass is 9.82. The van der Waals surface area contributed by atoms with E-state index in [-0.39, 0.29) is 11.5 Å². The van der Waals surface area contributed by atoms with E-state index in [0.29, 0.717) is 24.0 Å². The monoisotopic (exact) mass is 349 g/mol. The molecule has 0 spiro atoms. The standard InChI is InChI=1S/C20H19N3O3/c1-13-7-8-16-15(11-13)18(19(21)24)17-9-10-20(23(25)26,12-22(16)17)14-5-3-2-4-6-14/h2-8,11H,9-10,12H2,1H3,(H2,21,24)/t20-/m1/s1. The van der Waals surface area contributed by atoms with Crippen LogP contribution in [0.4, 0.5) is 0 Å². The summed E-state index contributed by atoms with van der Waals surface area (Å²) in [5, 5.41) is 12.9. The van der Waals surface area contributed by atoms with E-state index in [4.69, 9.17) is 5.73 Å². The van der Waals surface area contributed by atoms with Crippen LogP contribution in [0.2, 0.25) is 0 Å². The fourth-order valence-electron chi connectivity index (χ4n) is 4.14. The molecule has 0 saturated heterocycles. The zero-order chi connectivity index (χ0) is 18.5. The maximum Gasteiger partial charge on any atom is 0.265 e. The Bertz CT molecular complexity index is 1040. The second kappa shape index (κ2) is 5.69. The molecule has 0 saturated carbocycles. The highest BCUT2D eigenvalue weighted by molar-refractivity contribution is 6.08. The summed E-state index contributed by atoms with van der Waals surface area (Å²) in [5.74, 6) is -0.484. The number of amides is 1. The van der Waals surface area contributed by atoms with Crippen LogP contribution in [0.1, 0.15) is 33.6 Å². The molecule has 1 atom stereocenters. The van der Waals surface area contributed by atoms with E-state index in [1.54, 1.807) is 12.1 Å². The van der Waals surface area contributed by atoms with Crippen molar-refractivity contribution in [2.24, 2.45) is 5.73 Å². The summed E-state index contributed by atoms with van der Waals surface area (Å²) in [6, 6.07) is 14.9. The summed E-state index contributed by atoms with van der Waals surface area (Å²) in [4.78, 5) is 24.0. The number of fused-ring (bicyclic) bond motifs is 3. The summed E-state index contributed by atoms with van der Waals surface area (Å²) in [6.45, 7) is 2.14. The number of nitrogens with zero attached hydrogens (tertiary/aromatic N) is 2. The summed E-state index contributed by atoms with van der Waals surface area (Å²) >= 11 is 0. The fourth-order valence-corrected chi connectivity index (χ4v) is 4.14. The first-order valence-electron chi connectivity index (χ1n) is 8.55. The van der Waals surface area contributed by atoms with Gasteiger partial charge >= 0.3 is 0 Å². The normalized spacial score (nSPS) is 19.3. The van der Waals surface area contributed by atoms with Crippen LogP contribution >= 0.6 is 0 Å². The number of rotatable bonds is 3. The van der Waals surface area contributed by atoms with Crippen molar-refractivity contribution in [3.05, 3.63) is 81.0 Å². The molecule has 1 amide bonds. The van der Waals surface area contributed by atoms with E-state index >= 15 is 0 Å². The molecule has 3 aromatic rings. The number of aromatic nitrogens is 1. The molecule has 0 bridgehead atoms. The molecule has 2 aromatic carbocycles. The number of hydrogen-bond acceptors (Lipinski definition) is 3. The molecule has 6 nitrogen and oxygen atoms in total. The van der Waals surface area contributed by atoms with Crippen LogP contribution in [0.3, 0.4) is 0 Å². The van der Waals surface area contributed by atoms with Crippen molar-refractivity contribution in [3.8, 4) is 0 Å². The van der Waals surface area contributed by atoms with Crippen LogP contribution in [-0.4, -0.2) is 15.4 Å². The van der Waals surface area contributed by atoms with Gasteiger partial charge in [0.15, 0.2) is 0 Å². The van der Waals surface area contributed by atoms with Gasteiger partial charge in [0.2, 0.25) is 0 Å². The molecule has 26 heavy (non-hydrogen) atoms. The van der Waals surface area contributed by atoms with Crippen molar-refractivity contribution in [2.75, 3.05) is 0 Å². The molecule has 0 radical (unpaired) electrons. The van der Waals surface area contributed by atoms with E-state index in [1.807, 2.05) is 47.9 Å². The Morgan fingerprint density at radius 2 is 1.96 bits per heavy atom. The van der Waals surface area contributed by atoms with Gasteiger partial charge in [0.25, 0.3) is 11.4 Å². The molecule has 4 rings (SSSR count). The van der Waals surface area contributed by atoms with Gasteiger partial charge in [-0.1, -0.05) is 42.0 Å². The summed E-state index contributed by atoms with van der Waals surface area (Å²) < 4.78 is 1.91. The minimum atomic E-state index is -1.21. The zero-order valence-electron chi connectivity index (χ0n) is 14.4. The Morgan fingerprint density at radius 3 is 2.62 bits per heavy atom. The maximum absolute atomic E-state index is 12.1. The largest absolute Gasteiger partial charge is 0.366 e. The van der Waals surface area contributed by atoms with Crippen LogP contribution in [0.15, 0.2) is 48.5 Å². The summed E-state index contributed by atoms with van der Waals surface area (Å²) in [5.41, 5.74) is 8.26. The number of primary amides is 1. The molecule has 6 heteroatoms. The van der Waals surface area contributed by atoms with Gasteiger partial charge in [-0.2, -0.15) is 0 Å². The second-order valence-electron chi connectivity index (χ2n) is 6.95. The van der Waals surface area contributed by atoms with Crippen LogP contribution in [0, 0.1) is 17.0 Å². The van der Waals surface area contributed by atoms with Crippen molar-refractivity contribution in [3.63, 3.8) is 0 Å². The van der Waals surface area contributed by atoms with Gasteiger partial charge < -0.3 is 10.3 Å². The van der Waals surface area contributed by atoms with Gasteiger partial charge in [0.1, 0.15) is 0 Å². The highest BCUT2D eigenvalue weighted by atomic mass is 16.6. The predicted octanol–water partition coefficient (Wildman–Crippen LogP) is 3.17. The number of aryl methyl sites for hydroxylation is 1. The van der Waals surface area contributed by atoms with Crippen molar-refractivity contribution in [2.45, 2.75) is 31.8 Å². The molecule has 0 aliphatic carbocycles. The van der Waals surface area contributed by atoms with Gasteiger partial charge in [-0.25, -0.2) is 0 Å². The Hall–Kier alpha value is -3.15. The van der Waals surface area contributed by atoms with Crippen LogP contribution in [0.5, 0.6) is 0 Å². The molecular weight excluding hydrogens is 330 g/mol. The molecular formula is C20H19N3O3. The first-order valence-corrected chi connectivity index (χ1v) is 8.55. The Labute approximate surface area is 150 Å². The Morgan fingerprint density at radius 1 is 1.23 bits per heavy atom. The summed E-state index contributed by atoms with van der Waals surface area (Å²) in [7, 11) is 0. The van der Waals surface area contributed by atoms with E-state index < -0.39 is 11.4 Å². The van der Waals surface area contributed by atoms with E-state index in [2.05, 4.69) is 0 Å². The fraction of sp³-hybridized carbons (Fsp3) is 0.250. The quantitative estimate of drug-likeness (QED) is 0.581. The number of carbonyl (C=O) groups is 1. The van der Waals surface area contributed by atoms with E-state index in [9.17, 15) is 14.9 Å². The van der Waals surface area contributed by atoms with Crippen molar-refractivity contribution in [1.29, 1.82) is 0 Å². The summed E-state index contributed by atoms with van der Waals surface area (Å²) in [6.07, 6.45) is 0.765. The van der Waals surface area contributed by atoms with Crippen LogP contribution in [-0.2, 0) is 18.5 Å². The molecule has 2 N–H and O–H groups in total. The number of hydrogen-bond donors (Lipinski definition) is 1. The highest BCUT2D eigenvalue weighted by Gasteiger charge is 2.48. The van der Waals surface area contributed by atoms with Crippen molar-refractivity contribution < 1.29 is 9.72 Å². The molecule has 2 heterocycles. The number of nitrogens with two attached hydrogens (primary N) is 1. The van der Waals surface area contributed by atoms with E-state index in [1.165, 1.54) is 0 Å². The third-order valence-electron chi connectivity index (χ3n) is 5.43. The number of benzene rings is 2. The second-order valence-corrected chi connectivity index (χ2v) is 6.95. The number of nitro groups is 1. The lowest BCUT2D eigenvalue weighted by Crippen LogP contribution is -2.43. The van der Waals surface area contributed by atoms with Crippen LogP contribution in [0.25, 0.3) is 10.9 Å². The van der Waals surface area contributed by atoms with Gasteiger partial charge in [0.05, 0.1) is 12.1 Å². The SMILES string of the molecule is Cc1ccc2c(c1)c(C(N)=O)c1n2C[C@](c2ccccc2)([N+](=O)[O-])CC1.